The van der Waals surface area contributed by atoms with Crippen LogP contribution in [0.25, 0.3) is 22.1 Å². The fourth-order valence-corrected chi connectivity index (χ4v) is 3.88. The van der Waals surface area contributed by atoms with Crippen molar-refractivity contribution in [3.8, 4) is 5.75 Å². The first-order valence-corrected chi connectivity index (χ1v) is 10.8. The van der Waals surface area contributed by atoms with Crippen LogP contribution in [0.3, 0.4) is 0 Å². The summed E-state index contributed by atoms with van der Waals surface area (Å²) in [5.41, 5.74) is 7.36. The minimum Gasteiger partial charge on any atom is -0.488 e. The summed E-state index contributed by atoms with van der Waals surface area (Å²) in [4.78, 5) is 4.58. The topological polar surface area (TPSA) is 77.2 Å². The second-order valence-corrected chi connectivity index (χ2v) is 8.13. The maximum atomic E-state index is 6.00. The highest BCUT2D eigenvalue weighted by Crippen LogP contribution is 2.25. The lowest BCUT2D eigenvalue weighted by atomic mass is 10.2. The Bertz CT molecular complexity index is 1430. The van der Waals surface area contributed by atoms with Crippen LogP contribution in [0.1, 0.15) is 11.1 Å². The quantitative estimate of drug-likeness (QED) is 0.260. The molecule has 2 heterocycles. The molecule has 32 heavy (non-hydrogen) atoms. The van der Waals surface area contributed by atoms with E-state index in [-0.39, 0.29) is 0 Å². The summed E-state index contributed by atoms with van der Waals surface area (Å²) in [5, 5.41) is 13.9. The molecule has 0 bridgehead atoms. The first kappa shape index (κ1) is 20.1. The Morgan fingerprint density at radius 1 is 1.03 bits per heavy atom. The third kappa shape index (κ3) is 4.04. The summed E-state index contributed by atoms with van der Waals surface area (Å²) in [6, 6.07) is 23.8. The van der Waals surface area contributed by atoms with Gasteiger partial charge in [0, 0.05) is 22.5 Å². The minimum atomic E-state index is 0.321. The molecule has 2 aromatic heterocycles. The highest BCUT2D eigenvalue weighted by atomic mass is 79.9. The molecular weight excluding hydrogens is 468 g/mol. The van der Waals surface area contributed by atoms with Crippen LogP contribution in [-0.2, 0) is 13.7 Å². The number of hydrogen-bond donors (Lipinski definition) is 1. The number of nitrogens with zero attached hydrogens (tertiary/aromatic N) is 5. The standard InChI is InChI=1S/C24H19BrN6O/c1-31-20-10-6-5-9-19(20)22-23(31)27-24(30-28-22)29-26-14-17-13-18(25)11-12-21(17)32-15-16-7-3-2-4-8-16/h2-14H,15H2,1H3,(H,27,29,30)/b26-14+. The molecule has 8 heteroatoms. The smallest absolute Gasteiger partial charge is 0.265 e. The number of para-hydroxylation sites is 1. The molecule has 0 radical (unpaired) electrons. The second-order valence-electron chi connectivity index (χ2n) is 7.21. The fraction of sp³-hybridized carbons (Fsp3) is 0.0833. The zero-order chi connectivity index (χ0) is 21.9. The highest BCUT2D eigenvalue weighted by molar-refractivity contribution is 9.10. The molecule has 0 unspecified atom stereocenters. The van der Waals surface area contributed by atoms with Crippen molar-refractivity contribution in [2.75, 3.05) is 5.43 Å². The van der Waals surface area contributed by atoms with Gasteiger partial charge in [-0.2, -0.15) is 10.1 Å². The average molecular weight is 487 g/mol. The van der Waals surface area contributed by atoms with E-state index in [2.05, 4.69) is 41.6 Å². The minimum absolute atomic E-state index is 0.321. The molecule has 0 amide bonds. The fourth-order valence-electron chi connectivity index (χ4n) is 3.50. The van der Waals surface area contributed by atoms with Gasteiger partial charge in [-0.15, -0.1) is 10.2 Å². The average Bonchev–Trinajstić information content (AvgIpc) is 3.11. The van der Waals surface area contributed by atoms with Crippen molar-refractivity contribution >= 4 is 50.2 Å². The van der Waals surface area contributed by atoms with Gasteiger partial charge in [0.25, 0.3) is 5.95 Å². The van der Waals surface area contributed by atoms with Gasteiger partial charge < -0.3 is 9.30 Å². The first-order chi connectivity index (χ1) is 15.7. The van der Waals surface area contributed by atoms with Crippen LogP contribution in [-0.4, -0.2) is 26.0 Å². The maximum Gasteiger partial charge on any atom is 0.265 e. The van der Waals surface area contributed by atoms with Crippen molar-refractivity contribution in [2.24, 2.45) is 12.1 Å². The van der Waals surface area contributed by atoms with Gasteiger partial charge in [0.05, 0.1) is 11.7 Å². The van der Waals surface area contributed by atoms with E-state index in [1.807, 2.05) is 84.4 Å². The van der Waals surface area contributed by atoms with E-state index in [0.29, 0.717) is 12.6 Å². The van der Waals surface area contributed by atoms with Gasteiger partial charge in [0.1, 0.15) is 17.9 Å². The molecule has 0 spiro atoms. The van der Waals surface area contributed by atoms with E-state index >= 15 is 0 Å². The highest BCUT2D eigenvalue weighted by Gasteiger charge is 2.12. The summed E-state index contributed by atoms with van der Waals surface area (Å²) in [6.45, 7) is 0.474. The Balaban J connectivity index is 1.36. The Kier molecular flexibility index (Phi) is 5.51. The number of aromatic nitrogens is 4. The zero-order valence-corrected chi connectivity index (χ0v) is 18.8. The Hall–Kier alpha value is -3.78. The number of rotatable bonds is 6. The number of nitrogens with one attached hydrogen (secondary N) is 1. The zero-order valence-electron chi connectivity index (χ0n) is 17.2. The van der Waals surface area contributed by atoms with Crippen LogP contribution < -0.4 is 10.2 Å². The lowest BCUT2D eigenvalue weighted by molar-refractivity contribution is 0.306. The monoisotopic (exact) mass is 486 g/mol. The Labute approximate surface area is 192 Å². The molecule has 0 saturated heterocycles. The summed E-state index contributed by atoms with van der Waals surface area (Å²) >= 11 is 3.51. The summed E-state index contributed by atoms with van der Waals surface area (Å²) in [7, 11) is 1.96. The molecule has 7 nitrogen and oxygen atoms in total. The van der Waals surface area contributed by atoms with Crippen LogP contribution in [0.5, 0.6) is 5.75 Å². The molecule has 5 aromatic rings. The van der Waals surface area contributed by atoms with E-state index in [9.17, 15) is 0 Å². The van der Waals surface area contributed by atoms with Crippen molar-refractivity contribution in [3.63, 3.8) is 0 Å². The van der Waals surface area contributed by atoms with Gasteiger partial charge in [-0.25, -0.2) is 5.43 Å². The van der Waals surface area contributed by atoms with Gasteiger partial charge in [-0.1, -0.05) is 64.5 Å². The largest absolute Gasteiger partial charge is 0.488 e. The van der Waals surface area contributed by atoms with Crippen molar-refractivity contribution in [1.82, 2.24) is 19.7 Å². The van der Waals surface area contributed by atoms with Gasteiger partial charge >= 0.3 is 0 Å². The number of hydrazone groups is 1. The number of halogens is 1. The van der Waals surface area contributed by atoms with Crippen LogP contribution >= 0.6 is 15.9 Å². The molecular formula is C24H19BrN6O. The predicted molar refractivity (Wildman–Crippen MR) is 130 cm³/mol. The third-order valence-electron chi connectivity index (χ3n) is 5.08. The molecule has 0 atom stereocenters. The van der Waals surface area contributed by atoms with Crippen molar-refractivity contribution in [2.45, 2.75) is 6.61 Å². The van der Waals surface area contributed by atoms with Crippen molar-refractivity contribution in [1.29, 1.82) is 0 Å². The van der Waals surface area contributed by atoms with E-state index in [0.717, 1.165) is 43.4 Å². The summed E-state index contributed by atoms with van der Waals surface area (Å²) < 4.78 is 8.93. The normalized spacial score (nSPS) is 11.4. The van der Waals surface area contributed by atoms with Crippen molar-refractivity contribution < 1.29 is 4.74 Å². The van der Waals surface area contributed by atoms with Gasteiger partial charge in [0.15, 0.2) is 5.65 Å². The first-order valence-electron chi connectivity index (χ1n) is 10.0. The molecule has 5 rings (SSSR count). The molecule has 0 saturated carbocycles. The molecule has 0 aliphatic heterocycles. The maximum absolute atomic E-state index is 6.00. The van der Waals surface area contributed by atoms with Gasteiger partial charge in [0.2, 0.25) is 0 Å². The lowest BCUT2D eigenvalue weighted by Gasteiger charge is -2.09. The van der Waals surface area contributed by atoms with E-state index in [4.69, 9.17) is 4.74 Å². The molecule has 0 aliphatic carbocycles. The van der Waals surface area contributed by atoms with Crippen LogP contribution in [0.2, 0.25) is 0 Å². The van der Waals surface area contributed by atoms with Crippen LogP contribution in [0.15, 0.2) is 82.4 Å². The number of hydrogen-bond acceptors (Lipinski definition) is 6. The van der Waals surface area contributed by atoms with E-state index < -0.39 is 0 Å². The van der Waals surface area contributed by atoms with E-state index in [1.54, 1.807) is 6.21 Å². The van der Waals surface area contributed by atoms with Gasteiger partial charge in [-0.3, -0.25) is 0 Å². The second kappa shape index (κ2) is 8.76. The summed E-state index contributed by atoms with van der Waals surface area (Å²) in [5.74, 6) is 1.05. The molecule has 0 aliphatic rings. The number of benzene rings is 3. The number of aryl methyl sites for hydroxylation is 1. The number of anilines is 1. The number of fused-ring (bicyclic) bond motifs is 3. The molecule has 0 fully saturated rings. The van der Waals surface area contributed by atoms with Crippen LogP contribution in [0.4, 0.5) is 5.95 Å². The molecule has 158 valence electrons. The Morgan fingerprint density at radius 3 is 2.72 bits per heavy atom. The van der Waals surface area contributed by atoms with Crippen LogP contribution in [0, 0.1) is 0 Å². The molecule has 1 N–H and O–H groups in total. The summed E-state index contributed by atoms with van der Waals surface area (Å²) in [6.07, 6.45) is 1.68. The van der Waals surface area contributed by atoms with Gasteiger partial charge in [-0.05, 0) is 29.8 Å². The number of ether oxygens (including phenoxy) is 1. The SMILES string of the molecule is Cn1c2ccccc2c2nnc(N/N=C/c3cc(Br)ccc3OCc3ccccc3)nc21. The molecule has 3 aromatic carbocycles. The third-order valence-corrected chi connectivity index (χ3v) is 5.58. The lowest BCUT2D eigenvalue weighted by Crippen LogP contribution is -2.02. The van der Waals surface area contributed by atoms with E-state index in [1.165, 1.54) is 0 Å². The Morgan fingerprint density at radius 2 is 1.84 bits per heavy atom. The van der Waals surface area contributed by atoms with Crippen molar-refractivity contribution in [3.05, 3.63) is 88.4 Å². The predicted octanol–water partition coefficient (Wildman–Crippen LogP) is 5.30.